The van der Waals surface area contributed by atoms with E-state index in [9.17, 15) is 12.8 Å². The van der Waals surface area contributed by atoms with Gasteiger partial charge in [0, 0.05) is 18.2 Å². The van der Waals surface area contributed by atoms with E-state index in [1.807, 2.05) is 6.92 Å². The van der Waals surface area contributed by atoms with Crippen LogP contribution < -0.4 is 0 Å². The van der Waals surface area contributed by atoms with E-state index in [0.29, 0.717) is 12.1 Å². The first-order valence-electron chi connectivity index (χ1n) is 7.28. The molecule has 1 heterocycles. The van der Waals surface area contributed by atoms with E-state index in [-0.39, 0.29) is 22.4 Å². The van der Waals surface area contributed by atoms with Crippen LogP contribution in [0.3, 0.4) is 0 Å². The van der Waals surface area contributed by atoms with Crippen LogP contribution in [0.2, 0.25) is 0 Å². The average Bonchev–Trinajstić information content (AvgIpc) is 2.49. The van der Waals surface area contributed by atoms with Gasteiger partial charge in [0.15, 0.2) is 0 Å². The number of rotatable bonds is 4. The second-order valence-corrected chi connectivity index (χ2v) is 7.68. The molecule has 6 heteroatoms. The summed E-state index contributed by atoms with van der Waals surface area (Å²) in [7, 11) is -3.59. The van der Waals surface area contributed by atoms with Crippen molar-refractivity contribution in [2.75, 3.05) is 6.54 Å². The molecule has 0 radical (unpaired) electrons. The fraction of sp³-hybridized carbons (Fsp3) is 0.600. The number of hydrogen-bond donors (Lipinski definition) is 0. The zero-order chi connectivity index (χ0) is 15.6. The lowest BCUT2D eigenvalue weighted by Crippen LogP contribution is -2.43. The summed E-state index contributed by atoms with van der Waals surface area (Å²) in [5.74, 6) is -0.456. The van der Waals surface area contributed by atoms with Gasteiger partial charge in [0.05, 0.1) is 10.8 Å². The van der Waals surface area contributed by atoms with Crippen molar-refractivity contribution in [3.63, 3.8) is 0 Å². The average molecular weight is 334 g/mol. The van der Waals surface area contributed by atoms with Crippen LogP contribution in [0.4, 0.5) is 4.39 Å². The Morgan fingerprint density at radius 1 is 1.38 bits per heavy atom. The van der Waals surface area contributed by atoms with Crippen LogP contribution in [0.15, 0.2) is 17.0 Å². The lowest BCUT2D eigenvalue weighted by atomic mass is 10.0. The number of benzene rings is 1. The minimum atomic E-state index is -3.59. The first kappa shape index (κ1) is 16.7. The lowest BCUT2D eigenvalue weighted by Gasteiger charge is -2.34. The highest BCUT2D eigenvalue weighted by Crippen LogP contribution is 2.29. The molecule has 1 saturated heterocycles. The van der Waals surface area contributed by atoms with E-state index >= 15 is 0 Å². The predicted octanol–water partition coefficient (Wildman–Crippen LogP) is 3.83. The normalized spacial score (nSPS) is 20.7. The van der Waals surface area contributed by atoms with Gasteiger partial charge in [0.1, 0.15) is 5.82 Å². The molecule has 0 bridgehead atoms. The van der Waals surface area contributed by atoms with Crippen LogP contribution in [0.25, 0.3) is 0 Å². The molecule has 1 aromatic rings. The summed E-state index contributed by atoms with van der Waals surface area (Å²) in [6.07, 6.45) is 3.61. The molecular formula is C15H21ClFNO2S. The maximum absolute atomic E-state index is 13.9. The zero-order valence-corrected chi connectivity index (χ0v) is 14.0. The number of sulfonamides is 1. The van der Waals surface area contributed by atoms with E-state index in [4.69, 9.17) is 11.6 Å². The molecular weight excluding hydrogens is 313 g/mol. The predicted molar refractivity (Wildman–Crippen MR) is 82.5 cm³/mol. The van der Waals surface area contributed by atoms with Crippen molar-refractivity contribution in [2.45, 2.75) is 56.3 Å². The Morgan fingerprint density at radius 2 is 2.10 bits per heavy atom. The molecule has 1 unspecified atom stereocenters. The van der Waals surface area contributed by atoms with Crippen molar-refractivity contribution in [1.82, 2.24) is 4.31 Å². The third-order valence-corrected chi connectivity index (χ3v) is 6.32. The van der Waals surface area contributed by atoms with Crippen LogP contribution in [0.5, 0.6) is 0 Å². The van der Waals surface area contributed by atoms with E-state index in [2.05, 4.69) is 0 Å². The van der Waals surface area contributed by atoms with Crippen LogP contribution in [0.1, 0.15) is 43.7 Å². The summed E-state index contributed by atoms with van der Waals surface area (Å²) in [5.41, 5.74) is 0.553. The smallest absolute Gasteiger partial charge is 0.207 e. The van der Waals surface area contributed by atoms with Crippen LogP contribution >= 0.6 is 11.6 Å². The highest BCUT2D eigenvalue weighted by molar-refractivity contribution is 7.89. The van der Waals surface area contributed by atoms with E-state index in [1.165, 1.54) is 12.1 Å². The molecule has 1 fully saturated rings. The molecule has 1 aliphatic heterocycles. The first-order valence-corrected chi connectivity index (χ1v) is 9.26. The largest absolute Gasteiger partial charge is 0.243 e. The zero-order valence-electron chi connectivity index (χ0n) is 12.4. The monoisotopic (exact) mass is 333 g/mol. The maximum atomic E-state index is 13.9. The van der Waals surface area contributed by atoms with Crippen molar-refractivity contribution in [1.29, 1.82) is 0 Å². The van der Waals surface area contributed by atoms with Crippen molar-refractivity contribution >= 4 is 21.6 Å². The maximum Gasteiger partial charge on any atom is 0.243 e. The van der Waals surface area contributed by atoms with Crippen molar-refractivity contribution in [2.24, 2.45) is 0 Å². The van der Waals surface area contributed by atoms with Gasteiger partial charge in [-0.1, -0.05) is 13.3 Å². The summed E-state index contributed by atoms with van der Waals surface area (Å²) in [6, 6.07) is 2.81. The molecule has 1 atom stereocenters. The topological polar surface area (TPSA) is 37.4 Å². The number of halogens is 2. The summed E-state index contributed by atoms with van der Waals surface area (Å²) in [6.45, 7) is 4.10. The standard InChI is InChI=1S/C15H21ClFNO2S/c1-3-13-6-4-5-7-18(13)21(19,20)14-8-11(2)15(17)12(9-14)10-16/h8-9,13H,3-7,10H2,1-2H3. The van der Waals surface area contributed by atoms with Gasteiger partial charge in [-0.15, -0.1) is 11.6 Å². The SMILES string of the molecule is CCC1CCCCN1S(=O)(=O)c1cc(C)c(F)c(CCl)c1. The second kappa shape index (κ2) is 6.63. The van der Waals surface area contributed by atoms with Gasteiger partial charge in [0.25, 0.3) is 0 Å². The molecule has 0 aliphatic carbocycles. The van der Waals surface area contributed by atoms with E-state index in [0.717, 1.165) is 25.7 Å². The molecule has 0 N–H and O–H groups in total. The van der Waals surface area contributed by atoms with Gasteiger partial charge in [0.2, 0.25) is 10.0 Å². The second-order valence-electron chi connectivity index (χ2n) is 5.52. The Balaban J connectivity index is 2.46. The van der Waals surface area contributed by atoms with Gasteiger partial charge >= 0.3 is 0 Å². The minimum Gasteiger partial charge on any atom is -0.207 e. The molecule has 0 saturated carbocycles. The van der Waals surface area contributed by atoms with Crippen LogP contribution in [-0.4, -0.2) is 25.3 Å². The Kier molecular flexibility index (Phi) is 5.28. The Morgan fingerprint density at radius 3 is 2.71 bits per heavy atom. The highest BCUT2D eigenvalue weighted by atomic mass is 35.5. The molecule has 118 valence electrons. The summed E-state index contributed by atoms with van der Waals surface area (Å²) in [5, 5.41) is 0. The Labute approximate surface area is 131 Å². The molecule has 21 heavy (non-hydrogen) atoms. The van der Waals surface area contributed by atoms with Crippen molar-refractivity contribution in [3.05, 3.63) is 29.1 Å². The number of piperidine rings is 1. The van der Waals surface area contributed by atoms with Gasteiger partial charge < -0.3 is 0 Å². The third-order valence-electron chi connectivity index (χ3n) is 4.10. The van der Waals surface area contributed by atoms with E-state index < -0.39 is 15.8 Å². The van der Waals surface area contributed by atoms with Crippen molar-refractivity contribution < 1.29 is 12.8 Å². The summed E-state index contributed by atoms with van der Waals surface area (Å²) < 4.78 is 41.1. The molecule has 1 aromatic carbocycles. The van der Waals surface area contributed by atoms with Gasteiger partial charge in [-0.2, -0.15) is 4.31 Å². The quantitative estimate of drug-likeness (QED) is 0.785. The Bertz CT molecular complexity index is 618. The Hall–Kier alpha value is -0.650. The lowest BCUT2D eigenvalue weighted by molar-refractivity contribution is 0.246. The van der Waals surface area contributed by atoms with Crippen LogP contribution in [-0.2, 0) is 15.9 Å². The number of hydrogen-bond acceptors (Lipinski definition) is 2. The molecule has 0 amide bonds. The molecule has 0 spiro atoms. The van der Waals surface area contributed by atoms with Gasteiger partial charge in [-0.05, 0) is 43.9 Å². The number of alkyl halides is 1. The fourth-order valence-electron chi connectivity index (χ4n) is 2.89. The third kappa shape index (κ3) is 3.25. The minimum absolute atomic E-state index is 0.0345. The number of aryl methyl sites for hydroxylation is 1. The summed E-state index contributed by atoms with van der Waals surface area (Å²) >= 11 is 5.72. The number of nitrogens with zero attached hydrogens (tertiary/aromatic N) is 1. The van der Waals surface area contributed by atoms with Gasteiger partial charge in [-0.3, -0.25) is 0 Å². The first-order chi connectivity index (χ1) is 9.91. The van der Waals surface area contributed by atoms with E-state index in [1.54, 1.807) is 11.2 Å². The highest BCUT2D eigenvalue weighted by Gasteiger charge is 2.33. The summed E-state index contributed by atoms with van der Waals surface area (Å²) in [4.78, 5) is 0.150. The molecule has 3 nitrogen and oxygen atoms in total. The molecule has 0 aromatic heterocycles. The van der Waals surface area contributed by atoms with Crippen molar-refractivity contribution in [3.8, 4) is 0 Å². The molecule has 2 rings (SSSR count). The van der Waals surface area contributed by atoms with Crippen LogP contribution in [0, 0.1) is 12.7 Å². The fourth-order valence-corrected chi connectivity index (χ4v) is 4.99. The molecule has 1 aliphatic rings. The van der Waals surface area contributed by atoms with Gasteiger partial charge in [-0.25, -0.2) is 12.8 Å².